The quantitative estimate of drug-likeness (QED) is 0.350. The van der Waals surface area contributed by atoms with Gasteiger partial charge in [-0.3, -0.25) is 9.59 Å². The first-order valence-corrected chi connectivity index (χ1v) is 5.86. The van der Waals surface area contributed by atoms with Gasteiger partial charge in [0, 0.05) is 13.1 Å². The van der Waals surface area contributed by atoms with Gasteiger partial charge in [0.05, 0.1) is 0 Å². The molecule has 0 aliphatic heterocycles. The van der Waals surface area contributed by atoms with Gasteiger partial charge in [-0.25, -0.2) is 0 Å². The number of nitrogens with one attached hydrogen (secondary N) is 2. The van der Waals surface area contributed by atoms with Crippen LogP contribution in [0.1, 0.15) is 38.5 Å². The normalized spacial score (nSPS) is 9.81. The first-order chi connectivity index (χ1) is 7.81. The van der Waals surface area contributed by atoms with Gasteiger partial charge in [-0.2, -0.15) is 0 Å². The molecule has 5 heteroatoms. The van der Waals surface area contributed by atoms with Gasteiger partial charge in [0.25, 0.3) is 0 Å². The summed E-state index contributed by atoms with van der Waals surface area (Å²) in [5.41, 5.74) is 0. The minimum Gasteiger partial charge on any atom is -0.387 e. The summed E-state index contributed by atoms with van der Waals surface area (Å²) in [7, 11) is 0. The van der Waals surface area contributed by atoms with Gasteiger partial charge in [-0.1, -0.05) is 25.7 Å². The van der Waals surface area contributed by atoms with Gasteiger partial charge in [0.15, 0.2) is 0 Å². The molecule has 0 atom stereocenters. The summed E-state index contributed by atoms with van der Waals surface area (Å²) in [6.07, 6.45) is 7.24. The van der Waals surface area contributed by atoms with E-state index in [2.05, 4.69) is 10.6 Å². The van der Waals surface area contributed by atoms with Gasteiger partial charge in [0.1, 0.15) is 6.61 Å². The number of amides is 2. The molecular weight excluding hydrogens is 208 g/mol. The Kier molecular flexibility index (Phi) is 11.1. The van der Waals surface area contributed by atoms with Crippen molar-refractivity contribution in [2.75, 3.05) is 19.7 Å². The average Bonchev–Trinajstić information content (AvgIpc) is 2.31. The van der Waals surface area contributed by atoms with Crippen LogP contribution in [0.25, 0.3) is 0 Å². The molecule has 0 unspecified atom stereocenters. The monoisotopic (exact) mass is 230 g/mol. The Morgan fingerprint density at radius 3 is 2.12 bits per heavy atom. The van der Waals surface area contributed by atoms with Gasteiger partial charge < -0.3 is 15.7 Å². The Morgan fingerprint density at radius 2 is 1.56 bits per heavy atom. The van der Waals surface area contributed by atoms with E-state index in [0.29, 0.717) is 6.54 Å². The summed E-state index contributed by atoms with van der Waals surface area (Å²) in [6, 6.07) is 0. The summed E-state index contributed by atoms with van der Waals surface area (Å²) < 4.78 is 0. The summed E-state index contributed by atoms with van der Waals surface area (Å²) in [5, 5.41) is 13.7. The summed E-state index contributed by atoms with van der Waals surface area (Å²) in [4.78, 5) is 20.6. The van der Waals surface area contributed by atoms with Crippen LogP contribution in [-0.2, 0) is 9.59 Å². The molecule has 0 saturated heterocycles. The Morgan fingerprint density at radius 1 is 1.00 bits per heavy atom. The van der Waals surface area contributed by atoms with Crippen molar-refractivity contribution in [3.05, 3.63) is 0 Å². The molecule has 0 fully saturated rings. The third-order valence-electron chi connectivity index (χ3n) is 2.30. The second-order valence-corrected chi connectivity index (χ2v) is 3.70. The zero-order chi connectivity index (χ0) is 12.1. The molecule has 94 valence electrons. The van der Waals surface area contributed by atoms with Gasteiger partial charge >= 0.3 is 0 Å². The second kappa shape index (κ2) is 12.0. The molecule has 0 bridgehead atoms. The van der Waals surface area contributed by atoms with Gasteiger partial charge in [-0.05, 0) is 12.8 Å². The summed E-state index contributed by atoms with van der Waals surface area (Å²) in [5.74, 6) is -0.306. The molecule has 5 nitrogen and oxygen atoms in total. The maximum absolute atomic E-state index is 10.7. The largest absolute Gasteiger partial charge is 0.387 e. The van der Waals surface area contributed by atoms with E-state index in [0.717, 1.165) is 51.5 Å². The first-order valence-electron chi connectivity index (χ1n) is 5.86. The smallest absolute Gasteiger partial charge is 0.245 e. The van der Waals surface area contributed by atoms with Crippen molar-refractivity contribution in [2.24, 2.45) is 0 Å². The number of carbonyl (C=O) groups excluding carboxylic acids is 2. The molecule has 0 aliphatic rings. The van der Waals surface area contributed by atoms with E-state index in [9.17, 15) is 9.59 Å². The third-order valence-corrected chi connectivity index (χ3v) is 2.30. The highest BCUT2D eigenvalue weighted by Crippen LogP contribution is 2.04. The zero-order valence-corrected chi connectivity index (χ0v) is 9.71. The number of hydrogen-bond donors (Lipinski definition) is 3. The molecule has 3 N–H and O–H groups in total. The standard InChI is InChI=1S/C11H22N2O3/c14-9-11(16)13-8-6-4-2-1-3-5-7-12-10-15/h10,14H,1-9H2,(H,12,15)(H,13,16). The van der Waals surface area contributed by atoms with Crippen LogP contribution >= 0.6 is 0 Å². The SMILES string of the molecule is O=CNCCCCCCCCNC(=O)CO. The maximum atomic E-state index is 10.7. The van der Waals surface area contributed by atoms with E-state index in [-0.39, 0.29) is 5.91 Å². The number of rotatable bonds is 11. The fraction of sp³-hybridized carbons (Fsp3) is 0.818. The van der Waals surface area contributed by atoms with E-state index >= 15 is 0 Å². The first kappa shape index (κ1) is 14.9. The molecule has 0 aromatic rings. The summed E-state index contributed by atoms with van der Waals surface area (Å²) >= 11 is 0. The van der Waals surface area contributed by atoms with Crippen LogP contribution in [-0.4, -0.2) is 37.1 Å². The van der Waals surface area contributed by atoms with Gasteiger partial charge in [0.2, 0.25) is 12.3 Å². The van der Waals surface area contributed by atoms with E-state index in [1.165, 1.54) is 0 Å². The van der Waals surface area contributed by atoms with Gasteiger partial charge in [-0.15, -0.1) is 0 Å². The lowest BCUT2D eigenvalue weighted by Gasteiger charge is -2.03. The molecule has 0 rings (SSSR count). The second-order valence-electron chi connectivity index (χ2n) is 3.70. The van der Waals surface area contributed by atoms with Crippen molar-refractivity contribution in [2.45, 2.75) is 38.5 Å². The van der Waals surface area contributed by atoms with E-state index in [4.69, 9.17) is 5.11 Å². The minimum absolute atomic E-state index is 0.306. The van der Waals surface area contributed by atoms with E-state index < -0.39 is 6.61 Å². The van der Waals surface area contributed by atoms with Crippen LogP contribution in [0, 0.1) is 0 Å². The highest BCUT2D eigenvalue weighted by atomic mass is 16.3. The van der Waals surface area contributed by atoms with Crippen molar-refractivity contribution in [1.82, 2.24) is 10.6 Å². The Bertz CT molecular complexity index is 186. The molecule has 0 aromatic carbocycles. The number of aliphatic hydroxyl groups is 1. The fourth-order valence-electron chi connectivity index (χ4n) is 1.40. The van der Waals surface area contributed by atoms with Crippen molar-refractivity contribution in [3.8, 4) is 0 Å². The Hall–Kier alpha value is -1.10. The van der Waals surface area contributed by atoms with Crippen molar-refractivity contribution >= 4 is 12.3 Å². The molecule has 2 amide bonds. The molecule has 0 heterocycles. The molecule has 0 spiro atoms. The van der Waals surface area contributed by atoms with Crippen molar-refractivity contribution < 1.29 is 14.7 Å². The topological polar surface area (TPSA) is 78.4 Å². The molecule has 0 aromatic heterocycles. The van der Waals surface area contributed by atoms with Crippen LogP contribution in [0.4, 0.5) is 0 Å². The average molecular weight is 230 g/mol. The van der Waals surface area contributed by atoms with E-state index in [1.54, 1.807) is 0 Å². The van der Waals surface area contributed by atoms with Crippen LogP contribution in [0.5, 0.6) is 0 Å². The highest BCUT2D eigenvalue weighted by Gasteiger charge is 1.96. The molecular formula is C11H22N2O3. The Labute approximate surface area is 96.6 Å². The van der Waals surface area contributed by atoms with Crippen LogP contribution in [0.3, 0.4) is 0 Å². The predicted octanol–water partition coefficient (Wildman–Crippen LogP) is 0.181. The molecule has 0 saturated carbocycles. The van der Waals surface area contributed by atoms with Crippen molar-refractivity contribution in [3.63, 3.8) is 0 Å². The maximum Gasteiger partial charge on any atom is 0.245 e. The van der Waals surface area contributed by atoms with Crippen LogP contribution in [0.2, 0.25) is 0 Å². The van der Waals surface area contributed by atoms with Crippen LogP contribution < -0.4 is 10.6 Å². The molecule has 0 aliphatic carbocycles. The lowest BCUT2D eigenvalue weighted by atomic mass is 10.1. The van der Waals surface area contributed by atoms with E-state index in [1.807, 2.05) is 0 Å². The fourth-order valence-corrected chi connectivity index (χ4v) is 1.40. The van der Waals surface area contributed by atoms with Crippen molar-refractivity contribution in [1.29, 1.82) is 0 Å². The lowest BCUT2D eigenvalue weighted by molar-refractivity contribution is -0.123. The zero-order valence-electron chi connectivity index (χ0n) is 9.71. The third kappa shape index (κ3) is 11.0. The Balaban J connectivity index is 2.98. The number of hydrogen-bond acceptors (Lipinski definition) is 3. The van der Waals surface area contributed by atoms with Crippen LogP contribution in [0.15, 0.2) is 0 Å². The minimum atomic E-state index is -0.427. The predicted molar refractivity (Wildman–Crippen MR) is 61.9 cm³/mol. The lowest BCUT2D eigenvalue weighted by Crippen LogP contribution is -2.26. The molecule has 16 heavy (non-hydrogen) atoms. The number of unbranched alkanes of at least 4 members (excludes halogenated alkanes) is 5. The molecule has 0 radical (unpaired) electrons. The highest BCUT2D eigenvalue weighted by molar-refractivity contribution is 5.76. The summed E-state index contributed by atoms with van der Waals surface area (Å²) in [6.45, 7) is 0.978. The number of carbonyl (C=O) groups is 2. The number of aliphatic hydroxyl groups excluding tert-OH is 1.